The van der Waals surface area contributed by atoms with Gasteiger partial charge in [-0.3, -0.25) is 9.10 Å². The van der Waals surface area contributed by atoms with Gasteiger partial charge in [0.2, 0.25) is 15.9 Å². The van der Waals surface area contributed by atoms with Gasteiger partial charge in [0.1, 0.15) is 12.3 Å². The topological polar surface area (TPSA) is 75.7 Å². The van der Waals surface area contributed by atoms with Gasteiger partial charge in [0.25, 0.3) is 0 Å². The maximum absolute atomic E-state index is 12.2. The van der Waals surface area contributed by atoms with Gasteiger partial charge in [-0.2, -0.15) is 0 Å². The van der Waals surface area contributed by atoms with Crippen molar-refractivity contribution in [1.82, 2.24) is 5.32 Å². The second-order valence-electron chi connectivity index (χ2n) is 6.40. The smallest absolute Gasteiger partial charge is 0.240 e. The van der Waals surface area contributed by atoms with Crippen molar-refractivity contribution in [3.63, 3.8) is 0 Å². The zero-order valence-electron chi connectivity index (χ0n) is 14.6. The van der Waals surface area contributed by atoms with Crippen molar-refractivity contribution >= 4 is 33.2 Å². The molecule has 1 aliphatic carbocycles. The van der Waals surface area contributed by atoms with Crippen molar-refractivity contribution in [1.29, 1.82) is 0 Å². The lowest BCUT2D eigenvalue weighted by atomic mass is 9.89. The van der Waals surface area contributed by atoms with Gasteiger partial charge in [-0.15, -0.1) is 0 Å². The Hall–Kier alpha value is -1.47. The molecule has 0 spiro atoms. The van der Waals surface area contributed by atoms with Crippen LogP contribution < -0.4 is 14.4 Å². The third-order valence-electron chi connectivity index (χ3n) is 4.42. The van der Waals surface area contributed by atoms with Crippen LogP contribution in [0.15, 0.2) is 18.2 Å². The third-order valence-corrected chi connectivity index (χ3v) is 5.86. The zero-order valence-corrected chi connectivity index (χ0v) is 16.2. The van der Waals surface area contributed by atoms with E-state index in [1.807, 2.05) is 0 Å². The summed E-state index contributed by atoms with van der Waals surface area (Å²) in [6, 6.07) is 4.63. The molecule has 0 radical (unpaired) electrons. The van der Waals surface area contributed by atoms with Gasteiger partial charge in [-0.25, -0.2) is 8.42 Å². The fourth-order valence-electron chi connectivity index (χ4n) is 3.05. The number of sulfonamides is 1. The number of hydrogen-bond donors (Lipinski definition) is 1. The monoisotopic (exact) mass is 388 g/mol. The fourth-order valence-corrected chi connectivity index (χ4v) is 4.15. The van der Waals surface area contributed by atoms with Crippen LogP contribution in [-0.4, -0.2) is 40.8 Å². The summed E-state index contributed by atoms with van der Waals surface area (Å²) in [7, 11) is -2.14. The van der Waals surface area contributed by atoms with Crippen LogP contribution in [0.2, 0.25) is 5.02 Å². The number of nitrogens with zero attached hydrogens (tertiary/aromatic N) is 1. The number of nitrogens with one attached hydrogen (secondary N) is 1. The lowest BCUT2D eigenvalue weighted by Gasteiger charge is -2.24. The Morgan fingerprint density at radius 2 is 2.00 bits per heavy atom. The first-order chi connectivity index (χ1) is 11.8. The van der Waals surface area contributed by atoms with E-state index in [2.05, 4.69) is 5.32 Å². The van der Waals surface area contributed by atoms with Gasteiger partial charge in [0, 0.05) is 6.54 Å². The standard InChI is InChI=1S/C17H25ClN2O4S/c1-24-16-9-8-14(10-15(16)18)20(25(2,22)23)12-17(21)19-11-13-6-4-3-5-7-13/h8-10,13H,3-7,11-12H2,1-2H3,(H,19,21). The van der Waals surface area contributed by atoms with Gasteiger partial charge in [0.15, 0.2) is 0 Å². The van der Waals surface area contributed by atoms with Crippen molar-refractivity contribution < 1.29 is 17.9 Å². The normalized spacial score (nSPS) is 15.6. The first-order valence-electron chi connectivity index (χ1n) is 8.39. The van der Waals surface area contributed by atoms with E-state index in [4.69, 9.17) is 16.3 Å². The van der Waals surface area contributed by atoms with Crippen LogP contribution in [0.4, 0.5) is 5.69 Å². The molecule has 0 atom stereocenters. The van der Waals surface area contributed by atoms with Gasteiger partial charge >= 0.3 is 0 Å². The minimum atomic E-state index is -3.62. The number of ether oxygens (including phenoxy) is 1. The number of hydrogen-bond acceptors (Lipinski definition) is 4. The molecule has 1 amide bonds. The number of anilines is 1. The highest BCUT2D eigenvalue weighted by Gasteiger charge is 2.22. The molecule has 1 fully saturated rings. The van der Waals surface area contributed by atoms with Gasteiger partial charge in [0.05, 0.1) is 24.1 Å². The summed E-state index contributed by atoms with van der Waals surface area (Å²) in [5, 5.41) is 3.15. The molecular formula is C17H25ClN2O4S. The number of benzene rings is 1. The molecule has 25 heavy (non-hydrogen) atoms. The molecule has 0 aromatic heterocycles. The number of halogens is 1. The lowest BCUT2D eigenvalue weighted by Crippen LogP contribution is -2.41. The SMILES string of the molecule is COc1ccc(N(CC(=O)NCC2CCCCC2)S(C)(=O)=O)cc1Cl. The molecule has 0 saturated heterocycles. The highest BCUT2D eigenvalue weighted by atomic mass is 35.5. The van der Waals surface area contributed by atoms with Crippen LogP contribution in [-0.2, 0) is 14.8 Å². The minimum Gasteiger partial charge on any atom is -0.495 e. The minimum absolute atomic E-state index is 0.270. The molecule has 0 heterocycles. The van der Waals surface area contributed by atoms with E-state index in [-0.39, 0.29) is 17.5 Å². The Kier molecular flexibility index (Phi) is 6.95. The highest BCUT2D eigenvalue weighted by Crippen LogP contribution is 2.30. The number of methoxy groups -OCH3 is 1. The van der Waals surface area contributed by atoms with Crippen molar-refractivity contribution in [3.05, 3.63) is 23.2 Å². The van der Waals surface area contributed by atoms with E-state index in [1.54, 1.807) is 12.1 Å². The molecule has 8 heteroatoms. The Morgan fingerprint density at radius 1 is 1.32 bits per heavy atom. The molecule has 1 aromatic rings. The Labute approximate surface area is 154 Å². The third kappa shape index (κ3) is 5.78. The summed E-state index contributed by atoms with van der Waals surface area (Å²) in [4.78, 5) is 12.2. The van der Waals surface area contributed by atoms with Crippen LogP contribution in [0.25, 0.3) is 0 Å². The summed E-state index contributed by atoms with van der Waals surface area (Å²) in [5.74, 6) is 0.614. The van der Waals surface area contributed by atoms with Crippen LogP contribution in [0.1, 0.15) is 32.1 Å². The summed E-state index contributed by atoms with van der Waals surface area (Å²) >= 11 is 6.08. The van der Waals surface area contributed by atoms with E-state index >= 15 is 0 Å². The number of rotatable bonds is 7. The van der Waals surface area contributed by atoms with E-state index < -0.39 is 10.0 Å². The first kappa shape index (κ1) is 19.8. The molecular weight excluding hydrogens is 364 g/mol. The van der Waals surface area contributed by atoms with E-state index in [0.717, 1.165) is 23.4 Å². The number of carbonyl (C=O) groups is 1. The molecule has 1 saturated carbocycles. The Balaban J connectivity index is 2.05. The fraction of sp³-hybridized carbons (Fsp3) is 0.588. The molecule has 0 bridgehead atoms. The van der Waals surface area contributed by atoms with Gasteiger partial charge in [-0.1, -0.05) is 30.9 Å². The predicted molar refractivity (Wildman–Crippen MR) is 99.8 cm³/mol. The van der Waals surface area contributed by atoms with Crippen molar-refractivity contribution in [3.8, 4) is 5.75 Å². The molecule has 6 nitrogen and oxygen atoms in total. The van der Waals surface area contributed by atoms with Crippen LogP contribution >= 0.6 is 11.6 Å². The summed E-state index contributed by atoms with van der Waals surface area (Å²) in [6.45, 7) is 0.327. The Bertz CT molecular complexity index is 703. The number of carbonyl (C=O) groups excluding carboxylic acids is 1. The predicted octanol–water partition coefficient (Wildman–Crippen LogP) is 2.81. The molecule has 1 N–H and O–H groups in total. The molecule has 1 aliphatic rings. The van der Waals surface area contributed by atoms with Crippen LogP contribution in [0, 0.1) is 5.92 Å². The van der Waals surface area contributed by atoms with E-state index in [1.165, 1.54) is 32.4 Å². The van der Waals surface area contributed by atoms with E-state index in [9.17, 15) is 13.2 Å². The first-order valence-corrected chi connectivity index (χ1v) is 10.6. The van der Waals surface area contributed by atoms with E-state index in [0.29, 0.717) is 23.9 Å². The van der Waals surface area contributed by atoms with Gasteiger partial charge < -0.3 is 10.1 Å². The second-order valence-corrected chi connectivity index (χ2v) is 8.71. The average molecular weight is 389 g/mol. The maximum Gasteiger partial charge on any atom is 0.240 e. The zero-order chi connectivity index (χ0) is 18.4. The lowest BCUT2D eigenvalue weighted by molar-refractivity contribution is -0.119. The molecule has 1 aromatic carbocycles. The largest absolute Gasteiger partial charge is 0.495 e. The number of amides is 1. The summed E-state index contributed by atoms with van der Waals surface area (Å²) < 4.78 is 30.3. The van der Waals surface area contributed by atoms with Crippen molar-refractivity contribution in [2.45, 2.75) is 32.1 Å². The van der Waals surface area contributed by atoms with Crippen LogP contribution in [0.3, 0.4) is 0 Å². The highest BCUT2D eigenvalue weighted by molar-refractivity contribution is 7.92. The molecule has 2 rings (SSSR count). The summed E-state index contributed by atoms with van der Waals surface area (Å²) in [5.41, 5.74) is 0.334. The molecule has 0 aliphatic heterocycles. The van der Waals surface area contributed by atoms with Crippen molar-refractivity contribution in [2.24, 2.45) is 5.92 Å². The molecule has 0 unspecified atom stereocenters. The van der Waals surface area contributed by atoms with Crippen molar-refractivity contribution in [2.75, 3.05) is 30.8 Å². The Morgan fingerprint density at radius 3 is 2.56 bits per heavy atom. The maximum atomic E-state index is 12.2. The second kappa shape index (κ2) is 8.76. The van der Waals surface area contributed by atoms with Gasteiger partial charge in [-0.05, 0) is 37.0 Å². The molecule has 140 valence electrons. The van der Waals surface area contributed by atoms with Crippen LogP contribution in [0.5, 0.6) is 5.75 Å². The average Bonchev–Trinajstić information content (AvgIpc) is 2.57. The quantitative estimate of drug-likeness (QED) is 0.779. The summed E-state index contributed by atoms with van der Waals surface area (Å²) in [6.07, 6.45) is 6.94.